The molecule has 1 heterocycles. The number of thiocarbonyl (C=S) groups is 1. The first-order valence-electron chi connectivity index (χ1n) is 2.78. The van der Waals surface area contributed by atoms with Gasteiger partial charge in [0.2, 0.25) is 4.38 Å². The van der Waals surface area contributed by atoms with Crippen molar-refractivity contribution in [1.29, 1.82) is 0 Å². The first-order chi connectivity index (χ1) is 4.33. The van der Waals surface area contributed by atoms with Gasteiger partial charge in [0.1, 0.15) is 6.10 Å². The van der Waals surface area contributed by atoms with Gasteiger partial charge in [0.15, 0.2) is 0 Å². The first kappa shape index (κ1) is 7.31. The van der Waals surface area contributed by atoms with Gasteiger partial charge in [-0.3, -0.25) is 0 Å². The summed E-state index contributed by atoms with van der Waals surface area (Å²) in [6.45, 7) is 1.89. The summed E-state index contributed by atoms with van der Waals surface area (Å²) in [4.78, 5) is 0. The Balaban J connectivity index is 2.09. The summed E-state index contributed by atoms with van der Waals surface area (Å²) in [6, 6.07) is 0. The van der Waals surface area contributed by atoms with Crippen LogP contribution in [0.1, 0.15) is 0 Å². The van der Waals surface area contributed by atoms with Gasteiger partial charge in [0.25, 0.3) is 0 Å². The summed E-state index contributed by atoms with van der Waals surface area (Å²) in [5.74, 6) is 0. The van der Waals surface area contributed by atoms with Gasteiger partial charge in [0, 0.05) is 13.1 Å². The van der Waals surface area contributed by atoms with E-state index in [2.05, 4.69) is 5.32 Å². The van der Waals surface area contributed by atoms with Crippen LogP contribution >= 0.6 is 24.0 Å². The third-order valence-corrected chi connectivity index (χ3v) is 2.20. The van der Waals surface area contributed by atoms with Gasteiger partial charge in [-0.05, 0) is 18.5 Å². The van der Waals surface area contributed by atoms with Gasteiger partial charge in [-0.1, -0.05) is 11.8 Å². The minimum Gasteiger partial charge on any atom is -0.473 e. The number of nitrogens with one attached hydrogen (secondary N) is 1. The van der Waals surface area contributed by atoms with Crippen LogP contribution in [0.5, 0.6) is 0 Å². The maximum Gasteiger partial charge on any atom is 0.220 e. The lowest BCUT2D eigenvalue weighted by Crippen LogP contribution is -2.48. The van der Waals surface area contributed by atoms with Crippen molar-refractivity contribution in [3.63, 3.8) is 0 Å². The summed E-state index contributed by atoms with van der Waals surface area (Å²) in [7, 11) is 0. The van der Waals surface area contributed by atoms with Crippen LogP contribution in [-0.4, -0.2) is 29.8 Å². The Morgan fingerprint density at radius 3 is 2.78 bits per heavy atom. The zero-order valence-electron chi connectivity index (χ0n) is 5.22. The van der Waals surface area contributed by atoms with Crippen molar-refractivity contribution < 1.29 is 4.74 Å². The second kappa shape index (κ2) is 3.39. The number of rotatable bonds is 1. The summed E-state index contributed by atoms with van der Waals surface area (Å²) < 4.78 is 5.92. The quantitative estimate of drug-likeness (QED) is 0.572. The molecule has 0 atom stereocenters. The van der Waals surface area contributed by atoms with Gasteiger partial charge in [-0.2, -0.15) is 0 Å². The zero-order chi connectivity index (χ0) is 6.69. The minimum absolute atomic E-state index is 0.338. The lowest BCUT2D eigenvalue weighted by Gasteiger charge is -2.27. The fraction of sp³-hybridized carbons (Fsp3) is 0.800. The molecule has 0 bridgehead atoms. The van der Waals surface area contributed by atoms with E-state index in [1.54, 1.807) is 0 Å². The maximum atomic E-state index is 5.27. The molecule has 1 N–H and O–H groups in total. The molecule has 1 rings (SSSR count). The Bertz CT molecular complexity index is 114. The molecule has 52 valence electrons. The van der Waals surface area contributed by atoms with E-state index in [1.807, 2.05) is 6.26 Å². The first-order valence-corrected chi connectivity index (χ1v) is 4.41. The second-order valence-electron chi connectivity index (χ2n) is 1.85. The van der Waals surface area contributed by atoms with Gasteiger partial charge in [0.05, 0.1) is 0 Å². The van der Waals surface area contributed by atoms with Crippen molar-refractivity contribution >= 4 is 28.4 Å². The zero-order valence-corrected chi connectivity index (χ0v) is 6.85. The fourth-order valence-electron chi connectivity index (χ4n) is 0.530. The molecule has 9 heavy (non-hydrogen) atoms. The Morgan fingerprint density at radius 1 is 1.78 bits per heavy atom. The summed E-state index contributed by atoms with van der Waals surface area (Å²) >= 11 is 6.33. The average Bonchev–Trinajstić information content (AvgIpc) is 1.78. The molecular formula is C5H9NOS2. The van der Waals surface area contributed by atoms with Crippen molar-refractivity contribution in [2.75, 3.05) is 19.3 Å². The highest BCUT2D eigenvalue weighted by Gasteiger charge is 2.18. The Morgan fingerprint density at radius 2 is 2.44 bits per heavy atom. The van der Waals surface area contributed by atoms with Crippen LogP contribution in [0.2, 0.25) is 0 Å². The molecule has 1 fully saturated rings. The van der Waals surface area contributed by atoms with Crippen molar-refractivity contribution in [2.24, 2.45) is 0 Å². The Labute approximate surface area is 64.3 Å². The van der Waals surface area contributed by atoms with Gasteiger partial charge < -0.3 is 10.1 Å². The Kier molecular flexibility index (Phi) is 2.75. The highest BCUT2D eigenvalue weighted by Crippen LogP contribution is 2.06. The van der Waals surface area contributed by atoms with Crippen molar-refractivity contribution in [3.05, 3.63) is 0 Å². The number of hydrogen-bond acceptors (Lipinski definition) is 4. The van der Waals surface area contributed by atoms with E-state index in [1.165, 1.54) is 11.8 Å². The lowest BCUT2D eigenvalue weighted by atomic mass is 10.2. The van der Waals surface area contributed by atoms with E-state index in [0.29, 0.717) is 10.5 Å². The van der Waals surface area contributed by atoms with Gasteiger partial charge >= 0.3 is 0 Å². The average molecular weight is 163 g/mol. The fourth-order valence-corrected chi connectivity index (χ4v) is 0.898. The monoisotopic (exact) mass is 163 g/mol. The molecule has 1 saturated heterocycles. The number of hydrogen-bond donors (Lipinski definition) is 1. The number of thioether (sulfide) groups is 1. The maximum absolute atomic E-state index is 5.27. The standard InChI is InChI=1S/C5H9NOS2/c1-9-5(8)7-4-2-6-3-4/h4,6H,2-3H2,1H3. The van der Waals surface area contributed by atoms with E-state index < -0.39 is 0 Å². The third-order valence-electron chi connectivity index (χ3n) is 1.17. The lowest BCUT2D eigenvalue weighted by molar-refractivity contribution is 0.140. The molecule has 1 aliphatic heterocycles. The van der Waals surface area contributed by atoms with Crippen LogP contribution in [0.3, 0.4) is 0 Å². The predicted molar refractivity (Wildman–Crippen MR) is 43.9 cm³/mol. The SMILES string of the molecule is CSC(=S)OC1CNC1. The van der Waals surface area contributed by atoms with Crippen LogP contribution in [0.4, 0.5) is 0 Å². The van der Waals surface area contributed by atoms with Crippen LogP contribution in [-0.2, 0) is 4.74 Å². The normalized spacial score (nSPS) is 18.8. The smallest absolute Gasteiger partial charge is 0.220 e. The molecule has 1 aliphatic rings. The summed E-state index contributed by atoms with van der Waals surface area (Å²) in [6.07, 6.45) is 2.26. The highest BCUT2D eigenvalue weighted by molar-refractivity contribution is 8.22. The van der Waals surface area contributed by atoms with E-state index in [9.17, 15) is 0 Å². The van der Waals surface area contributed by atoms with Crippen LogP contribution in [0.25, 0.3) is 0 Å². The summed E-state index contributed by atoms with van der Waals surface area (Å²) in [5.41, 5.74) is 0. The van der Waals surface area contributed by atoms with E-state index in [-0.39, 0.29) is 0 Å². The molecule has 0 saturated carbocycles. The van der Waals surface area contributed by atoms with Crippen molar-refractivity contribution in [2.45, 2.75) is 6.10 Å². The van der Waals surface area contributed by atoms with Gasteiger partial charge in [-0.25, -0.2) is 0 Å². The van der Waals surface area contributed by atoms with E-state index >= 15 is 0 Å². The molecule has 0 radical (unpaired) electrons. The topological polar surface area (TPSA) is 21.3 Å². The van der Waals surface area contributed by atoms with Crippen LogP contribution < -0.4 is 5.32 Å². The second-order valence-corrected chi connectivity index (χ2v) is 3.26. The van der Waals surface area contributed by atoms with Crippen LogP contribution in [0, 0.1) is 0 Å². The molecule has 4 heteroatoms. The summed E-state index contributed by atoms with van der Waals surface area (Å²) in [5, 5.41) is 3.10. The third kappa shape index (κ3) is 2.12. The van der Waals surface area contributed by atoms with E-state index in [4.69, 9.17) is 17.0 Å². The molecule has 0 aromatic heterocycles. The molecule has 0 amide bonds. The number of ether oxygens (including phenoxy) is 1. The molecular weight excluding hydrogens is 154 g/mol. The molecule has 2 nitrogen and oxygen atoms in total. The molecule has 0 aromatic carbocycles. The van der Waals surface area contributed by atoms with E-state index in [0.717, 1.165) is 13.1 Å². The largest absolute Gasteiger partial charge is 0.473 e. The minimum atomic E-state index is 0.338. The highest BCUT2D eigenvalue weighted by atomic mass is 32.2. The van der Waals surface area contributed by atoms with Crippen molar-refractivity contribution in [3.8, 4) is 0 Å². The van der Waals surface area contributed by atoms with Crippen molar-refractivity contribution in [1.82, 2.24) is 5.32 Å². The molecule has 0 spiro atoms. The molecule has 0 unspecified atom stereocenters. The Hall–Kier alpha value is 0.200. The van der Waals surface area contributed by atoms with Gasteiger partial charge in [-0.15, -0.1) is 0 Å². The van der Waals surface area contributed by atoms with Crippen LogP contribution in [0.15, 0.2) is 0 Å². The molecule has 0 aliphatic carbocycles. The molecule has 0 aromatic rings. The predicted octanol–water partition coefficient (Wildman–Crippen LogP) is 0.623.